The Kier molecular flexibility index (Phi) is 9.74. The number of hydrogen-bond acceptors (Lipinski definition) is 4. The predicted octanol–water partition coefficient (Wildman–Crippen LogP) is 7.83. The summed E-state index contributed by atoms with van der Waals surface area (Å²) in [7, 11) is 0. The van der Waals surface area contributed by atoms with E-state index in [2.05, 4.69) is 13.8 Å². The summed E-state index contributed by atoms with van der Waals surface area (Å²) in [6, 6.07) is 16.7. The first-order valence-corrected chi connectivity index (χ1v) is 14.3. The number of rotatable bonds is 13. The van der Waals surface area contributed by atoms with Crippen LogP contribution in [0.5, 0.6) is 0 Å². The maximum atomic E-state index is 13.9. The number of fused-ring (bicyclic) bond motifs is 1. The van der Waals surface area contributed by atoms with Gasteiger partial charge in [0, 0.05) is 6.42 Å². The Morgan fingerprint density at radius 3 is 2.41 bits per heavy atom. The molecule has 2 aromatic heterocycles. The van der Waals surface area contributed by atoms with E-state index in [9.17, 15) is 9.59 Å². The van der Waals surface area contributed by atoms with Crippen LogP contribution in [0.15, 0.2) is 70.1 Å². The number of aromatic nitrogens is 2. The average molecular weight is 528 g/mol. The van der Waals surface area contributed by atoms with Gasteiger partial charge < -0.3 is 9.32 Å². The molecule has 206 valence electrons. The number of amides is 1. The highest BCUT2D eigenvalue weighted by atomic mass is 16.3. The number of unbranched alkanes of at least 4 members (excludes halogenated alkanes) is 6. The third-order valence-corrected chi connectivity index (χ3v) is 7.61. The summed E-state index contributed by atoms with van der Waals surface area (Å²) in [5.41, 5.74) is 3.49. The summed E-state index contributed by atoms with van der Waals surface area (Å²) in [4.78, 5) is 34.3. The van der Waals surface area contributed by atoms with Crippen LogP contribution in [0.4, 0.5) is 0 Å². The van der Waals surface area contributed by atoms with Crippen molar-refractivity contribution in [1.29, 1.82) is 0 Å². The van der Waals surface area contributed by atoms with Crippen molar-refractivity contribution in [2.24, 2.45) is 0 Å². The average Bonchev–Trinajstić information content (AvgIpc) is 3.46. The topological polar surface area (TPSA) is 68.3 Å². The number of furan rings is 1. The summed E-state index contributed by atoms with van der Waals surface area (Å²) in [5.74, 6) is 1.29. The van der Waals surface area contributed by atoms with E-state index in [1.54, 1.807) is 10.8 Å². The van der Waals surface area contributed by atoms with E-state index in [0.717, 1.165) is 36.1 Å². The number of hydrogen-bond donors (Lipinski definition) is 0. The van der Waals surface area contributed by atoms with E-state index in [-0.39, 0.29) is 11.5 Å². The van der Waals surface area contributed by atoms with E-state index in [1.165, 1.54) is 25.7 Å². The Morgan fingerprint density at radius 2 is 1.69 bits per heavy atom. The van der Waals surface area contributed by atoms with Gasteiger partial charge in [-0.2, -0.15) is 0 Å². The summed E-state index contributed by atoms with van der Waals surface area (Å²) in [5, 5.41) is 0.554. The fourth-order valence-electron chi connectivity index (χ4n) is 5.07. The smallest absolute Gasteiger partial charge is 0.266 e. The Bertz CT molecular complexity index is 1440. The molecule has 0 saturated carbocycles. The normalized spacial score (nSPS) is 12.1. The van der Waals surface area contributed by atoms with Crippen LogP contribution >= 0.6 is 0 Å². The number of carbonyl (C=O) groups is 1. The molecule has 0 bridgehead atoms. The number of carbonyl (C=O) groups excluding carboxylic acids is 1. The van der Waals surface area contributed by atoms with Crippen LogP contribution in [0.1, 0.15) is 94.0 Å². The third kappa shape index (κ3) is 6.86. The Labute approximate surface area is 231 Å². The molecule has 0 aliphatic heterocycles. The van der Waals surface area contributed by atoms with Crippen molar-refractivity contribution >= 4 is 16.8 Å². The highest BCUT2D eigenvalue weighted by Crippen LogP contribution is 2.27. The molecule has 1 atom stereocenters. The number of nitrogens with zero attached hydrogens (tertiary/aromatic N) is 3. The lowest BCUT2D eigenvalue weighted by atomic mass is 10.1. The van der Waals surface area contributed by atoms with Crippen LogP contribution in [-0.2, 0) is 11.3 Å². The van der Waals surface area contributed by atoms with Crippen LogP contribution in [0.25, 0.3) is 16.6 Å². The monoisotopic (exact) mass is 527 g/mol. The van der Waals surface area contributed by atoms with Gasteiger partial charge in [-0.3, -0.25) is 14.2 Å². The van der Waals surface area contributed by atoms with E-state index in [4.69, 9.17) is 9.40 Å². The van der Waals surface area contributed by atoms with Gasteiger partial charge in [-0.25, -0.2) is 4.98 Å². The molecular formula is C33H41N3O3. The molecule has 39 heavy (non-hydrogen) atoms. The van der Waals surface area contributed by atoms with Gasteiger partial charge in [-0.05, 0) is 74.7 Å². The van der Waals surface area contributed by atoms with Crippen molar-refractivity contribution < 1.29 is 9.21 Å². The molecule has 0 saturated heterocycles. The minimum absolute atomic E-state index is 0.0431. The minimum Gasteiger partial charge on any atom is -0.467 e. The second kappa shape index (κ2) is 13.4. The Hall–Kier alpha value is -3.67. The fourth-order valence-corrected chi connectivity index (χ4v) is 5.07. The van der Waals surface area contributed by atoms with Gasteiger partial charge in [0.1, 0.15) is 11.6 Å². The van der Waals surface area contributed by atoms with E-state index in [1.807, 2.05) is 73.3 Å². The minimum atomic E-state index is -0.453. The molecule has 0 spiro atoms. The van der Waals surface area contributed by atoms with E-state index in [0.29, 0.717) is 35.5 Å². The second-order valence-electron chi connectivity index (χ2n) is 10.5. The van der Waals surface area contributed by atoms with Crippen molar-refractivity contribution in [2.75, 3.05) is 0 Å². The maximum Gasteiger partial charge on any atom is 0.266 e. The lowest BCUT2D eigenvalue weighted by Crippen LogP contribution is -2.37. The molecule has 0 radical (unpaired) electrons. The molecule has 0 N–H and O–H groups in total. The van der Waals surface area contributed by atoms with Gasteiger partial charge in [0.25, 0.3) is 5.56 Å². The van der Waals surface area contributed by atoms with Gasteiger partial charge in [0.2, 0.25) is 5.91 Å². The standard InChI is InChI=1S/C33H41N3O3/c1-5-6-7-8-9-10-11-18-31(37)35(23-28-15-14-21-39-28)26(4)32-34-30-17-13-12-16-29(30)33(38)36(32)27-20-19-24(2)25(3)22-27/h12-17,19-22,26H,5-11,18,23H2,1-4H3. The zero-order valence-corrected chi connectivity index (χ0v) is 23.8. The maximum absolute atomic E-state index is 13.9. The lowest BCUT2D eigenvalue weighted by molar-refractivity contribution is -0.134. The van der Waals surface area contributed by atoms with Crippen LogP contribution in [0.2, 0.25) is 0 Å². The molecule has 6 nitrogen and oxygen atoms in total. The molecule has 1 amide bonds. The lowest BCUT2D eigenvalue weighted by Gasteiger charge is -2.30. The number of aryl methyl sites for hydroxylation is 2. The van der Waals surface area contributed by atoms with Gasteiger partial charge in [0.15, 0.2) is 0 Å². The summed E-state index contributed by atoms with van der Waals surface area (Å²) >= 11 is 0. The quantitative estimate of drug-likeness (QED) is 0.166. The van der Waals surface area contributed by atoms with Gasteiger partial charge in [-0.15, -0.1) is 0 Å². The molecule has 0 aliphatic rings. The van der Waals surface area contributed by atoms with Crippen molar-refractivity contribution in [3.05, 3.63) is 93.9 Å². The van der Waals surface area contributed by atoms with Crippen LogP contribution < -0.4 is 5.56 Å². The van der Waals surface area contributed by atoms with Crippen molar-refractivity contribution in [2.45, 2.75) is 91.6 Å². The zero-order valence-electron chi connectivity index (χ0n) is 23.8. The van der Waals surface area contributed by atoms with Crippen LogP contribution in [0, 0.1) is 13.8 Å². The van der Waals surface area contributed by atoms with Crippen molar-refractivity contribution in [1.82, 2.24) is 14.5 Å². The van der Waals surface area contributed by atoms with Crippen LogP contribution in [0.3, 0.4) is 0 Å². The Morgan fingerprint density at radius 1 is 0.949 bits per heavy atom. The van der Waals surface area contributed by atoms with Gasteiger partial charge in [-0.1, -0.05) is 63.6 Å². The van der Waals surface area contributed by atoms with Crippen molar-refractivity contribution in [3.63, 3.8) is 0 Å². The zero-order chi connectivity index (χ0) is 27.8. The molecule has 4 aromatic rings. The number of benzene rings is 2. The summed E-state index contributed by atoms with van der Waals surface area (Å²) < 4.78 is 7.31. The molecule has 6 heteroatoms. The van der Waals surface area contributed by atoms with E-state index >= 15 is 0 Å². The third-order valence-electron chi connectivity index (χ3n) is 7.61. The molecule has 1 unspecified atom stereocenters. The second-order valence-corrected chi connectivity index (χ2v) is 10.5. The summed E-state index contributed by atoms with van der Waals surface area (Å²) in [6.07, 6.45) is 10.1. The Balaban J connectivity index is 1.69. The first kappa shape index (κ1) is 28.3. The first-order valence-electron chi connectivity index (χ1n) is 14.3. The van der Waals surface area contributed by atoms with E-state index < -0.39 is 6.04 Å². The highest BCUT2D eigenvalue weighted by Gasteiger charge is 2.27. The summed E-state index contributed by atoms with van der Waals surface area (Å²) in [6.45, 7) is 8.59. The van der Waals surface area contributed by atoms with Gasteiger partial charge in [0.05, 0.1) is 35.4 Å². The predicted molar refractivity (Wildman–Crippen MR) is 157 cm³/mol. The molecule has 0 aliphatic carbocycles. The molecular weight excluding hydrogens is 486 g/mol. The fraction of sp³-hybridized carbons (Fsp3) is 0.424. The molecule has 2 heterocycles. The molecule has 2 aromatic carbocycles. The van der Waals surface area contributed by atoms with Gasteiger partial charge >= 0.3 is 0 Å². The number of para-hydroxylation sites is 1. The molecule has 0 fully saturated rings. The van der Waals surface area contributed by atoms with Crippen LogP contribution in [-0.4, -0.2) is 20.4 Å². The first-order chi connectivity index (χ1) is 18.9. The highest BCUT2D eigenvalue weighted by molar-refractivity contribution is 5.79. The SMILES string of the molecule is CCCCCCCCCC(=O)N(Cc1ccco1)C(C)c1nc2ccccc2c(=O)n1-c1ccc(C)c(C)c1. The molecule has 4 rings (SSSR count). The van der Waals surface area contributed by atoms with Crippen molar-refractivity contribution in [3.8, 4) is 5.69 Å². The largest absolute Gasteiger partial charge is 0.467 e.